The number of rotatable bonds is 6. The van der Waals surface area contributed by atoms with Crippen molar-refractivity contribution in [2.24, 2.45) is 0 Å². The van der Waals surface area contributed by atoms with Crippen LogP contribution in [0.15, 0.2) is 59.4 Å². The fourth-order valence-electron chi connectivity index (χ4n) is 4.15. The van der Waals surface area contributed by atoms with Crippen molar-refractivity contribution < 1.29 is 9.18 Å². The minimum Gasteiger partial charge on any atom is -0.334 e. The number of urea groups is 1. The van der Waals surface area contributed by atoms with Gasteiger partial charge in [-0.2, -0.15) is 5.10 Å². The van der Waals surface area contributed by atoms with E-state index in [9.17, 15) is 14.0 Å². The lowest BCUT2D eigenvalue weighted by Gasteiger charge is -2.31. The maximum Gasteiger partial charge on any atom is 0.346 e. The van der Waals surface area contributed by atoms with E-state index in [1.165, 1.54) is 16.8 Å². The molecule has 4 rings (SSSR count). The molecule has 1 aliphatic rings. The quantitative estimate of drug-likeness (QED) is 0.643. The highest BCUT2D eigenvalue weighted by Crippen LogP contribution is 2.26. The summed E-state index contributed by atoms with van der Waals surface area (Å²) in [5.41, 5.74) is 1.80. The Kier molecular flexibility index (Phi) is 6.68. The normalized spacial score (nSPS) is 14.5. The monoisotopic (exact) mass is 437 g/mol. The SMILES string of the molecule is CCn1c(C2CCN(C(=O)NCc3ccc(F)cc3)CC2)nn(Cc2ccccc2)c1=O. The van der Waals surface area contributed by atoms with Crippen LogP contribution in [0, 0.1) is 5.82 Å². The largest absolute Gasteiger partial charge is 0.346 e. The standard InChI is InChI=1S/C24H28FN5O2/c1-2-29-22(27-30(24(29)32)17-19-6-4-3-5-7-19)20-12-14-28(15-13-20)23(31)26-16-18-8-10-21(25)11-9-18/h3-11,20H,2,12-17H2,1H3,(H,26,31). The molecule has 32 heavy (non-hydrogen) atoms. The molecular weight excluding hydrogens is 409 g/mol. The molecule has 1 saturated heterocycles. The molecule has 0 spiro atoms. The number of nitrogens with zero attached hydrogens (tertiary/aromatic N) is 4. The number of amides is 2. The second-order valence-electron chi connectivity index (χ2n) is 8.07. The summed E-state index contributed by atoms with van der Waals surface area (Å²) in [5, 5.41) is 7.57. The van der Waals surface area contributed by atoms with E-state index in [0.29, 0.717) is 32.7 Å². The Morgan fingerprint density at radius 3 is 2.41 bits per heavy atom. The van der Waals surface area contributed by atoms with Crippen molar-refractivity contribution in [3.63, 3.8) is 0 Å². The fraction of sp³-hybridized carbons (Fsp3) is 0.375. The zero-order chi connectivity index (χ0) is 22.5. The highest BCUT2D eigenvalue weighted by atomic mass is 19.1. The summed E-state index contributed by atoms with van der Waals surface area (Å²) >= 11 is 0. The van der Waals surface area contributed by atoms with E-state index in [-0.39, 0.29) is 23.5 Å². The number of benzene rings is 2. The third-order valence-corrected chi connectivity index (χ3v) is 5.95. The molecule has 0 unspecified atom stereocenters. The Morgan fingerprint density at radius 1 is 1.06 bits per heavy atom. The van der Waals surface area contributed by atoms with Crippen LogP contribution in [0.5, 0.6) is 0 Å². The zero-order valence-corrected chi connectivity index (χ0v) is 18.2. The van der Waals surface area contributed by atoms with E-state index in [1.807, 2.05) is 37.3 Å². The van der Waals surface area contributed by atoms with Gasteiger partial charge in [-0.25, -0.2) is 18.7 Å². The van der Waals surface area contributed by atoms with Crippen LogP contribution in [0.2, 0.25) is 0 Å². The molecule has 2 heterocycles. The van der Waals surface area contributed by atoms with Crippen molar-refractivity contribution in [3.8, 4) is 0 Å². The molecule has 0 atom stereocenters. The lowest BCUT2D eigenvalue weighted by molar-refractivity contribution is 0.179. The van der Waals surface area contributed by atoms with E-state index in [2.05, 4.69) is 10.4 Å². The summed E-state index contributed by atoms with van der Waals surface area (Å²) in [5.74, 6) is 0.652. The lowest BCUT2D eigenvalue weighted by atomic mass is 9.96. The molecule has 168 valence electrons. The first-order valence-electron chi connectivity index (χ1n) is 11.0. The van der Waals surface area contributed by atoms with Gasteiger partial charge in [-0.15, -0.1) is 0 Å². The molecule has 1 fully saturated rings. The Balaban J connectivity index is 1.37. The molecule has 0 bridgehead atoms. The maximum atomic E-state index is 13.0. The third-order valence-electron chi connectivity index (χ3n) is 5.95. The number of hydrogen-bond donors (Lipinski definition) is 1. The average Bonchev–Trinajstić information content (AvgIpc) is 3.14. The summed E-state index contributed by atoms with van der Waals surface area (Å²) in [6, 6.07) is 15.8. The van der Waals surface area contributed by atoms with Crippen LogP contribution >= 0.6 is 0 Å². The van der Waals surface area contributed by atoms with Gasteiger partial charge in [-0.3, -0.25) is 4.57 Å². The zero-order valence-electron chi connectivity index (χ0n) is 18.2. The highest BCUT2D eigenvalue weighted by molar-refractivity contribution is 5.74. The van der Waals surface area contributed by atoms with Crippen LogP contribution < -0.4 is 11.0 Å². The lowest BCUT2D eigenvalue weighted by Crippen LogP contribution is -2.44. The van der Waals surface area contributed by atoms with Crippen LogP contribution in [0.4, 0.5) is 9.18 Å². The van der Waals surface area contributed by atoms with E-state index in [4.69, 9.17) is 0 Å². The highest BCUT2D eigenvalue weighted by Gasteiger charge is 2.28. The molecule has 1 aliphatic heterocycles. The minimum atomic E-state index is -0.293. The number of carbonyl (C=O) groups excluding carboxylic acids is 1. The summed E-state index contributed by atoms with van der Waals surface area (Å²) in [4.78, 5) is 27.2. The van der Waals surface area contributed by atoms with Crippen LogP contribution in [-0.4, -0.2) is 38.4 Å². The van der Waals surface area contributed by atoms with E-state index in [0.717, 1.165) is 29.8 Å². The van der Waals surface area contributed by atoms with Crippen molar-refractivity contribution in [1.82, 2.24) is 24.6 Å². The Hall–Kier alpha value is -3.42. The predicted molar refractivity (Wildman–Crippen MR) is 120 cm³/mol. The summed E-state index contributed by atoms with van der Waals surface area (Å²) < 4.78 is 16.3. The molecule has 2 aromatic carbocycles. The van der Waals surface area contributed by atoms with Gasteiger partial charge in [0.1, 0.15) is 11.6 Å². The van der Waals surface area contributed by atoms with Crippen molar-refractivity contribution in [3.05, 3.63) is 87.9 Å². The van der Waals surface area contributed by atoms with Crippen molar-refractivity contribution >= 4 is 6.03 Å². The predicted octanol–water partition coefficient (Wildman–Crippen LogP) is 3.34. The number of halogens is 1. The molecule has 0 aliphatic carbocycles. The van der Waals surface area contributed by atoms with Crippen molar-refractivity contribution in [2.45, 2.75) is 45.3 Å². The first kappa shape index (κ1) is 21.8. The number of carbonyl (C=O) groups is 1. The number of nitrogens with one attached hydrogen (secondary N) is 1. The van der Waals surface area contributed by atoms with Gasteiger partial charge in [0.05, 0.1) is 6.54 Å². The topological polar surface area (TPSA) is 72.2 Å². The second-order valence-corrected chi connectivity index (χ2v) is 8.07. The summed E-state index contributed by atoms with van der Waals surface area (Å²) in [7, 11) is 0. The van der Waals surface area contributed by atoms with Crippen LogP contribution in [0.3, 0.4) is 0 Å². The van der Waals surface area contributed by atoms with Crippen LogP contribution in [0.25, 0.3) is 0 Å². The van der Waals surface area contributed by atoms with Crippen LogP contribution in [0.1, 0.15) is 42.6 Å². The molecule has 0 radical (unpaired) electrons. The molecule has 0 saturated carbocycles. The Labute approximate surface area is 186 Å². The van der Waals surface area contributed by atoms with Crippen molar-refractivity contribution in [1.29, 1.82) is 0 Å². The molecule has 8 heteroatoms. The van der Waals surface area contributed by atoms with Gasteiger partial charge in [-0.1, -0.05) is 42.5 Å². The van der Waals surface area contributed by atoms with Gasteiger partial charge in [0.15, 0.2) is 0 Å². The van der Waals surface area contributed by atoms with Gasteiger partial charge < -0.3 is 10.2 Å². The van der Waals surface area contributed by atoms with Gasteiger partial charge >= 0.3 is 11.7 Å². The van der Waals surface area contributed by atoms with Gasteiger partial charge in [0.25, 0.3) is 0 Å². The molecule has 2 amide bonds. The number of aromatic nitrogens is 3. The smallest absolute Gasteiger partial charge is 0.334 e. The van der Waals surface area contributed by atoms with Gasteiger partial charge in [0, 0.05) is 32.1 Å². The molecule has 1 N–H and O–H groups in total. The number of hydrogen-bond acceptors (Lipinski definition) is 3. The Morgan fingerprint density at radius 2 is 1.75 bits per heavy atom. The Bertz CT molecular complexity index is 1100. The first-order valence-corrected chi connectivity index (χ1v) is 11.0. The summed E-state index contributed by atoms with van der Waals surface area (Å²) in [6.45, 7) is 4.54. The number of likely N-dealkylation sites (tertiary alicyclic amines) is 1. The third kappa shape index (κ3) is 4.90. The number of piperidine rings is 1. The van der Waals surface area contributed by atoms with Gasteiger partial charge in [-0.05, 0) is 43.0 Å². The maximum absolute atomic E-state index is 13.0. The molecule has 3 aromatic rings. The average molecular weight is 438 g/mol. The van der Waals surface area contributed by atoms with E-state index in [1.54, 1.807) is 21.6 Å². The van der Waals surface area contributed by atoms with Crippen LogP contribution in [-0.2, 0) is 19.6 Å². The fourth-order valence-corrected chi connectivity index (χ4v) is 4.15. The van der Waals surface area contributed by atoms with E-state index < -0.39 is 0 Å². The summed E-state index contributed by atoms with van der Waals surface area (Å²) in [6.07, 6.45) is 1.51. The molecule has 1 aromatic heterocycles. The first-order chi connectivity index (χ1) is 15.5. The molecule has 7 nitrogen and oxygen atoms in total. The van der Waals surface area contributed by atoms with Crippen molar-refractivity contribution in [2.75, 3.05) is 13.1 Å². The van der Waals surface area contributed by atoms with Gasteiger partial charge in [0.2, 0.25) is 0 Å². The minimum absolute atomic E-state index is 0.0918. The van der Waals surface area contributed by atoms with E-state index >= 15 is 0 Å². The molecular formula is C24H28FN5O2. The second kappa shape index (κ2) is 9.80.